The molecule has 26 heavy (non-hydrogen) atoms. The number of carbonyl (C=O) groups excluding carboxylic acids is 2. The Labute approximate surface area is 157 Å². The Morgan fingerprint density at radius 1 is 1.08 bits per heavy atom. The second kappa shape index (κ2) is 9.68. The third kappa shape index (κ3) is 5.67. The fraction of sp³-hybridized carbons (Fsp3) is 0.263. The lowest BCUT2D eigenvalue weighted by Crippen LogP contribution is -2.35. The van der Waals surface area contributed by atoms with Crippen molar-refractivity contribution in [3.63, 3.8) is 0 Å². The number of methoxy groups -OCH3 is 1. The molecule has 3 N–H and O–H groups in total. The molecule has 2 amide bonds. The Hall–Kier alpha value is -2.73. The van der Waals surface area contributed by atoms with Gasteiger partial charge in [-0.2, -0.15) is 0 Å². The number of amides is 2. The minimum Gasteiger partial charge on any atom is -0.497 e. The van der Waals surface area contributed by atoms with Crippen LogP contribution in [0.2, 0.25) is 5.02 Å². The molecule has 0 bridgehead atoms. The average Bonchev–Trinajstić information content (AvgIpc) is 2.66. The predicted molar refractivity (Wildman–Crippen MR) is 104 cm³/mol. The van der Waals surface area contributed by atoms with Gasteiger partial charge >= 0.3 is 11.8 Å². The van der Waals surface area contributed by atoms with Crippen LogP contribution in [0.1, 0.15) is 18.9 Å². The summed E-state index contributed by atoms with van der Waals surface area (Å²) in [6.07, 6.45) is 1.05. The quantitative estimate of drug-likeness (QED) is 0.648. The predicted octanol–water partition coefficient (Wildman–Crippen LogP) is 3.43. The normalized spacial score (nSPS) is 10.1. The number of hydrogen-bond donors (Lipinski definition) is 3. The van der Waals surface area contributed by atoms with Crippen LogP contribution in [0, 0.1) is 0 Å². The summed E-state index contributed by atoms with van der Waals surface area (Å²) >= 11 is 6.02. The zero-order chi connectivity index (χ0) is 18.9. The SMILES string of the molecule is CCCNc1ccc(CNC(=O)C(=O)Nc2cc(OC)ccc2Cl)cc1. The number of benzene rings is 2. The molecule has 0 aliphatic rings. The van der Waals surface area contributed by atoms with Gasteiger partial charge in [0.2, 0.25) is 0 Å². The van der Waals surface area contributed by atoms with Crippen molar-refractivity contribution in [3.8, 4) is 5.75 Å². The number of anilines is 2. The molecule has 2 aromatic rings. The van der Waals surface area contributed by atoms with Crippen LogP contribution in [-0.2, 0) is 16.1 Å². The van der Waals surface area contributed by atoms with Gasteiger partial charge in [-0.25, -0.2) is 0 Å². The summed E-state index contributed by atoms with van der Waals surface area (Å²) in [6.45, 7) is 3.26. The number of nitrogens with one attached hydrogen (secondary N) is 3. The third-order valence-electron chi connectivity index (χ3n) is 3.61. The molecule has 138 valence electrons. The Bertz CT molecular complexity index is 763. The summed E-state index contributed by atoms with van der Waals surface area (Å²) in [5.41, 5.74) is 2.23. The number of hydrogen-bond acceptors (Lipinski definition) is 4. The molecule has 2 rings (SSSR count). The zero-order valence-corrected chi connectivity index (χ0v) is 15.5. The van der Waals surface area contributed by atoms with Crippen molar-refractivity contribution >= 4 is 34.8 Å². The molecule has 0 aliphatic heterocycles. The number of ether oxygens (including phenoxy) is 1. The Kier molecular flexibility index (Phi) is 7.29. The maximum Gasteiger partial charge on any atom is 0.313 e. The summed E-state index contributed by atoms with van der Waals surface area (Å²) in [6, 6.07) is 12.5. The minimum atomic E-state index is -0.790. The van der Waals surface area contributed by atoms with E-state index in [0.717, 1.165) is 24.2 Å². The van der Waals surface area contributed by atoms with Gasteiger partial charge in [0, 0.05) is 24.8 Å². The standard InChI is InChI=1S/C19H22ClN3O3/c1-3-10-21-14-6-4-13(5-7-14)12-22-18(24)19(25)23-17-11-15(26-2)8-9-16(17)20/h4-9,11,21H,3,10,12H2,1-2H3,(H,22,24)(H,23,25). The Morgan fingerprint density at radius 3 is 2.46 bits per heavy atom. The van der Waals surface area contributed by atoms with E-state index in [-0.39, 0.29) is 6.54 Å². The first-order valence-electron chi connectivity index (χ1n) is 8.29. The van der Waals surface area contributed by atoms with E-state index in [2.05, 4.69) is 22.9 Å². The van der Waals surface area contributed by atoms with Crippen LogP contribution in [0.15, 0.2) is 42.5 Å². The summed E-state index contributed by atoms with van der Waals surface area (Å²) in [4.78, 5) is 24.0. The van der Waals surface area contributed by atoms with Gasteiger partial charge in [-0.15, -0.1) is 0 Å². The summed E-state index contributed by atoms with van der Waals surface area (Å²) in [5.74, 6) is -1.000. The lowest BCUT2D eigenvalue weighted by atomic mass is 10.2. The van der Waals surface area contributed by atoms with Crippen LogP contribution in [0.3, 0.4) is 0 Å². The number of carbonyl (C=O) groups is 2. The van der Waals surface area contributed by atoms with Crippen molar-refractivity contribution in [2.75, 3.05) is 24.3 Å². The van der Waals surface area contributed by atoms with E-state index in [0.29, 0.717) is 16.5 Å². The summed E-state index contributed by atoms with van der Waals surface area (Å²) in [7, 11) is 1.50. The van der Waals surface area contributed by atoms with Crippen LogP contribution >= 0.6 is 11.6 Å². The molecule has 0 atom stereocenters. The molecule has 7 heteroatoms. The van der Waals surface area contributed by atoms with E-state index in [1.165, 1.54) is 7.11 Å². The van der Waals surface area contributed by atoms with Gasteiger partial charge in [0.25, 0.3) is 0 Å². The highest BCUT2D eigenvalue weighted by Gasteiger charge is 2.15. The van der Waals surface area contributed by atoms with Gasteiger partial charge in [-0.05, 0) is 36.2 Å². The van der Waals surface area contributed by atoms with E-state index in [9.17, 15) is 9.59 Å². The van der Waals surface area contributed by atoms with Gasteiger partial charge < -0.3 is 20.7 Å². The van der Waals surface area contributed by atoms with E-state index >= 15 is 0 Å². The first-order valence-corrected chi connectivity index (χ1v) is 8.66. The zero-order valence-electron chi connectivity index (χ0n) is 14.8. The maximum absolute atomic E-state index is 12.0. The van der Waals surface area contributed by atoms with Crippen molar-refractivity contribution in [1.29, 1.82) is 0 Å². The van der Waals surface area contributed by atoms with Gasteiger partial charge in [-0.3, -0.25) is 9.59 Å². The van der Waals surface area contributed by atoms with Crippen molar-refractivity contribution in [3.05, 3.63) is 53.1 Å². The maximum atomic E-state index is 12.0. The summed E-state index contributed by atoms with van der Waals surface area (Å²) < 4.78 is 5.08. The Balaban J connectivity index is 1.88. The first-order chi connectivity index (χ1) is 12.5. The molecule has 0 fully saturated rings. The lowest BCUT2D eigenvalue weighted by Gasteiger charge is -2.10. The molecule has 0 saturated heterocycles. The fourth-order valence-corrected chi connectivity index (χ4v) is 2.34. The number of rotatable bonds is 7. The van der Waals surface area contributed by atoms with Crippen LogP contribution in [0.25, 0.3) is 0 Å². The third-order valence-corrected chi connectivity index (χ3v) is 3.94. The van der Waals surface area contributed by atoms with Crippen LogP contribution < -0.4 is 20.7 Å². The van der Waals surface area contributed by atoms with Crippen LogP contribution in [0.4, 0.5) is 11.4 Å². The van der Waals surface area contributed by atoms with Crippen molar-refractivity contribution in [1.82, 2.24) is 5.32 Å². The molecule has 0 aromatic heterocycles. The van der Waals surface area contributed by atoms with Crippen molar-refractivity contribution < 1.29 is 14.3 Å². The van der Waals surface area contributed by atoms with Gasteiger partial charge in [0.1, 0.15) is 5.75 Å². The Morgan fingerprint density at radius 2 is 1.81 bits per heavy atom. The topological polar surface area (TPSA) is 79.5 Å². The van der Waals surface area contributed by atoms with E-state index in [1.54, 1.807) is 18.2 Å². The fourth-order valence-electron chi connectivity index (χ4n) is 2.18. The molecular weight excluding hydrogens is 354 g/mol. The second-order valence-electron chi connectivity index (χ2n) is 5.61. The second-order valence-corrected chi connectivity index (χ2v) is 6.01. The van der Waals surface area contributed by atoms with E-state index in [1.807, 2.05) is 24.3 Å². The molecule has 0 spiro atoms. The molecule has 0 radical (unpaired) electrons. The van der Waals surface area contributed by atoms with E-state index < -0.39 is 11.8 Å². The number of halogens is 1. The smallest absolute Gasteiger partial charge is 0.313 e. The van der Waals surface area contributed by atoms with Gasteiger partial charge in [0.15, 0.2) is 0 Å². The van der Waals surface area contributed by atoms with Gasteiger partial charge in [-0.1, -0.05) is 30.7 Å². The molecule has 0 heterocycles. The molecule has 0 unspecified atom stereocenters. The first kappa shape index (κ1) is 19.6. The van der Waals surface area contributed by atoms with Gasteiger partial charge in [0.05, 0.1) is 17.8 Å². The lowest BCUT2D eigenvalue weighted by molar-refractivity contribution is -0.136. The highest BCUT2D eigenvalue weighted by molar-refractivity contribution is 6.41. The van der Waals surface area contributed by atoms with Crippen LogP contribution in [0.5, 0.6) is 5.75 Å². The van der Waals surface area contributed by atoms with Crippen molar-refractivity contribution in [2.24, 2.45) is 0 Å². The molecule has 6 nitrogen and oxygen atoms in total. The monoisotopic (exact) mass is 375 g/mol. The summed E-state index contributed by atoms with van der Waals surface area (Å²) in [5, 5.41) is 8.66. The molecular formula is C19H22ClN3O3. The highest BCUT2D eigenvalue weighted by atomic mass is 35.5. The largest absolute Gasteiger partial charge is 0.497 e. The molecule has 0 saturated carbocycles. The average molecular weight is 376 g/mol. The van der Waals surface area contributed by atoms with Crippen LogP contribution in [-0.4, -0.2) is 25.5 Å². The minimum absolute atomic E-state index is 0.256. The highest BCUT2D eigenvalue weighted by Crippen LogP contribution is 2.26. The molecule has 2 aromatic carbocycles. The van der Waals surface area contributed by atoms with E-state index in [4.69, 9.17) is 16.3 Å². The van der Waals surface area contributed by atoms with Crippen molar-refractivity contribution in [2.45, 2.75) is 19.9 Å². The molecule has 0 aliphatic carbocycles.